The van der Waals surface area contributed by atoms with Gasteiger partial charge < -0.3 is 14.0 Å². The van der Waals surface area contributed by atoms with Gasteiger partial charge in [0, 0.05) is 29.3 Å². The highest BCUT2D eigenvalue weighted by atomic mass is 32.2. The number of aromatic nitrogens is 2. The Kier molecular flexibility index (Phi) is 4.51. The lowest BCUT2D eigenvalue weighted by Crippen LogP contribution is -2.25. The molecule has 0 radical (unpaired) electrons. The minimum Gasteiger partial charge on any atom is -0.395 e. The lowest BCUT2D eigenvalue weighted by Gasteiger charge is -2.07. The van der Waals surface area contributed by atoms with Crippen molar-refractivity contribution in [2.45, 2.75) is 24.3 Å². The third-order valence-electron chi connectivity index (χ3n) is 5.27. The molecule has 174 valence electrons. The van der Waals surface area contributed by atoms with Crippen molar-refractivity contribution in [3.8, 4) is 22.2 Å². The van der Waals surface area contributed by atoms with Gasteiger partial charge in [0.25, 0.3) is 0 Å². The third kappa shape index (κ3) is 3.41. The Morgan fingerprint density at radius 1 is 1.12 bits per heavy atom. The van der Waals surface area contributed by atoms with Crippen LogP contribution in [0.4, 0.5) is 22.0 Å². The first kappa shape index (κ1) is 21.9. The van der Waals surface area contributed by atoms with E-state index in [1.165, 1.54) is 23.6 Å². The van der Waals surface area contributed by atoms with E-state index < -0.39 is 27.9 Å². The van der Waals surface area contributed by atoms with E-state index in [1.807, 2.05) is 0 Å². The Morgan fingerprint density at radius 2 is 1.79 bits per heavy atom. The topological polar surface area (TPSA) is 70.4 Å². The average Bonchev–Trinajstić information content (AvgIpc) is 3.34. The monoisotopic (exact) mass is 504 g/mol. The van der Waals surface area contributed by atoms with Gasteiger partial charge in [-0.15, -0.1) is 20.1 Å². The first-order valence-corrected chi connectivity index (χ1v) is 11.9. The summed E-state index contributed by atoms with van der Waals surface area (Å²) in [6, 6.07) is 5.39. The number of fused-ring (bicyclic) bond motifs is 3. The van der Waals surface area contributed by atoms with Crippen LogP contribution in [0, 0.1) is 0 Å². The number of benzene rings is 2. The molecule has 6 nitrogen and oxygen atoms in total. The predicted octanol–water partition coefficient (Wildman–Crippen LogP) is 5.59. The van der Waals surface area contributed by atoms with E-state index in [2.05, 4.69) is 14.5 Å². The van der Waals surface area contributed by atoms with Gasteiger partial charge in [-0.1, -0.05) is 13.0 Å². The first-order chi connectivity index (χ1) is 15.3. The number of sulfone groups is 1. The molecule has 1 aliphatic rings. The van der Waals surface area contributed by atoms with Crippen LogP contribution >= 0.6 is 11.3 Å². The summed E-state index contributed by atoms with van der Waals surface area (Å²) in [7, 11) is -2.32. The second-order valence-electron chi connectivity index (χ2n) is 7.32. The van der Waals surface area contributed by atoms with Gasteiger partial charge in [-0.2, -0.15) is 13.2 Å². The number of halogens is 5. The van der Waals surface area contributed by atoms with Crippen molar-refractivity contribution >= 4 is 42.3 Å². The first-order valence-electron chi connectivity index (χ1n) is 9.44. The van der Waals surface area contributed by atoms with E-state index in [-0.39, 0.29) is 48.5 Å². The maximum absolute atomic E-state index is 13.4. The van der Waals surface area contributed by atoms with Crippen molar-refractivity contribution in [1.29, 1.82) is 0 Å². The fraction of sp³-hybridized carbons (Fsp3) is 0.250. The average molecular weight is 504 g/mol. The Bertz CT molecular complexity index is 1550. The molecular weight excluding hydrogens is 491 g/mol. The van der Waals surface area contributed by atoms with Crippen LogP contribution in [-0.4, -0.2) is 30.0 Å². The number of rotatable bonds is 3. The zero-order valence-corrected chi connectivity index (χ0v) is 18.5. The maximum atomic E-state index is 13.4. The molecule has 0 amide bonds. The van der Waals surface area contributed by atoms with Gasteiger partial charge in [0.2, 0.25) is 0 Å². The standard InChI is InChI=1S/C20H13F5N2O4S2/c1-3-33(28,29)17-10-5-4-9(19(21,22)23)6-15(10)32-16(17)18-26-11-7-13-14(8-12(11)27(18)2)31-20(24,25)30-13/h4-8H,3H2,1-2H3. The van der Waals surface area contributed by atoms with Crippen molar-refractivity contribution in [2.24, 2.45) is 7.05 Å². The SMILES string of the molecule is CCS(=O)(=O)c1c(-c2nc3cc4c(cc3n2C)OC(F)(F)O4)sc2cc(C(F)(F)F)ccc12. The number of alkyl halides is 5. The van der Waals surface area contributed by atoms with E-state index in [0.717, 1.165) is 29.5 Å². The lowest BCUT2D eigenvalue weighted by atomic mass is 10.1. The summed E-state index contributed by atoms with van der Waals surface area (Å²) in [5.74, 6) is -0.566. The molecule has 0 N–H and O–H groups in total. The van der Waals surface area contributed by atoms with Gasteiger partial charge in [0.15, 0.2) is 27.2 Å². The number of thiophene rings is 1. The highest BCUT2D eigenvalue weighted by molar-refractivity contribution is 7.92. The van der Waals surface area contributed by atoms with Gasteiger partial charge >= 0.3 is 12.5 Å². The molecule has 0 aliphatic carbocycles. The van der Waals surface area contributed by atoms with Crippen LogP contribution in [0.5, 0.6) is 11.5 Å². The van der Waals surface area contributed by atoms with E-state index >= 15 is 0 Å². The summed E-state index contributed by atoms with van der Waals surface area (Å²) in [5, 5.41) is 0.158. The molecule has 13 heteroatoms. The zero-order chi connectivity index (χ0) is 23.9. The molecule has 1 aliphatic heterocycles. The summed E-state index contributed by atoms with van der Waals surface area (Å²) in [6.45, 7) is 1.43. The summed E-state index contributed by atoms with van der Waals surface area (Å²) >= 11 is 0.862. The molecule has 2 aromatic heterocycles. The highest BCUT2D eigenvalue weighted by Crippen LogP contribution is 2.46. The molecule has 0 unspecified atom stereocenters. The van der Waals surface area contributed by atoms with Crippen LogP contribution < -0.4 is 9.47 Å². The Hall–Kier alpha value is -2.93. The van der Waals surface area contributed by atoms with Gasteiger partial charge in [-0.25, -0.2) is 13.4 Å². The minimum absolute atomic E-state index is 0.122. The van der Waals surface area contributed by atoms with Crippen molar-refractivity contribution < 1.29 is 39.8 Å². The molecular formula is C20H13F5N2O4S2. The molecule has 33 heavy (non-hydrogen) atoms. The summed E-state index contributed by atoms with van der Waals surface area (Å²) < 4.78 is 103. The number of hydrogen-bond acceptors (Lipinski definition) is 6. The largest absolute Gasteiger partial charge is 0.586 e. The quantitative estimate of drug-likeness (QED) is 0.340. The molecule has 0 fully saturated rings. The Balaban J connectivity index is 1.77. The van der Waals surface area contributed by atoms with E-state index in [0.29, 0.717) is 5.52 Å². The van der Waals surface area contributed by atoms with E-state index in [1.54, 1.807) is 7.05 Å². The fourth-order valence-electron chi connectivity index (χ4n) is 3.69. The number of ether oxygens (including phenoxy) is 2. The van der Waals surface area contributed by atoms with Crippen LogP contribution in [0.3, 0.4) is 0 Å². The molecule has 0 saturated carbocycles. The normalized spacial score (nSPS) is 15.6. The molecule has 3 heterocycles. The molecule has 0 saturated heterocycles. The zero-order valence-electron chi connectivity index (χ0n) is 16.8. The summed E-state index contributed by atoms with van der Waals surface area (Å²) in [5.41, 5.74) is -0.334. The fourth-order valence-corrected chi connectivity index (χ4v) is 6.60. The summed E-state index contributed by atoms with van der Waals surface area (Å²) in [6.07, 6.45) is -8.41. The number of aryl methyl sites for hydroxylation is 1. The van der Waals surface area contributed by atoms with Gasteiger partial charge in [-0.05, 0) is 12.1 Å². The molecule has 4 aromatic rings. The molecule has 0 atom stereocenters. The second-order valence-corrected chi connectivity index (χ2v) is 10.6. The highest BCUT2D eigenvalue weighted by Gasteiger charge is 2.44. The molecule has 2 aromatic carbocycles. The van der Waals surface area contributed by atoms with Gasteiger partial charge in [0.1, 0.15) is 0 Å². The van der Waals surface area contributed by atoms with Gasteiger partial charge in [0.05, 0.1) is 32.1 Å². The van der Waals surface area contributed by atoms with E-state index in [9.17, 15) is 30.4 Å². The molecule has 0 bridgehead atoms. The minimum atomic E-state index is -4.59. The van der Waals surface area contributed by atoms with Crippen molar-refractivity contribution in [3.63, 3.8) is 0 Å². The lowest BCUT2D eigenvalue weighted by molar-refractivity contribution is -0.286. The van der Waals surface area contributed by atoms with Crippen molar-refractivity contribution in [3.05, 3.63) is 35.9 Å². The van der Waals surface area contributed by atoms with Crippen molar-refractivity contribution in [2.75, 3.05) is 5.75 Å². The molecule has 0 spiro atoms. The number of nitrogens with zero attached hydrogens (tertiary/aromatic N) is 2. The number of imidazole rings is 1. The predicted molar refractivity (Wildman–Crippen MR) is 110 cm³/mol. The third-order valence-corrected chi connectivity index (χ3v) is 8.35. The second kappa shape index (κ2) is 6.79. The van der Waals surface area contributed by atoms with Gasteiger partial charge in [-0.3, -0.25) is 0 Å². The smallest absolute Gasteiger partial charge is 0.395 e. The van der Waals surface area contributed by atoms with Crippen LogP contribution in [0.2, 0.25) is 0 Å². The van der Waals surface area contributed by atoms with Crippen LogP contribution in [0.15, 0.2) is 35.2 Å². The van der Waals surface area contributed by atoms with Crippen LogP contribution in [0.1, 0.15) is 12.5 Å². The van der Waals surface area contributed by atoms with E-state index in [4.69, 9.17) is 0 Å². The van der Waals surface area contributed by atoms with Crippen molar-refractivity contribution in [1.82, 2.24) is 9.55 Å². The van der Waals surface area contributed by atoms with Crippen LogP contribution in [0.25, 0.3) is 31.8 Å². The Labute approximate surface area is 187 Å². The van der Waals surface area contributed by atoms with Crippen LogP contribution in [-0.2, 0) is 23.1 Å². The Morgan fingerprint density at radius 3 is 2.42 bits per heavy atom. The number of hydrogen-bond donors (Lipinski definition) is 0. The molecule has 5 rings (SSSR count). The summed E-state index contributed by atoms with van der Waals surface area (Å²) in [4.78, 5) is 4.42. The maximum Gasteiger partial charge on any atom is 0.586 e.